The molecule has 2 N–H and O–H groups in total. The van der Waals surface area contributed by atoms with Gasteiger partial charge in [0, 0.05) is 23.1 Å². The molecule has 0 amide bonds. The van der Waals surface area contributed by atoms with Crippen LogP contribution in [-0.4, -0.2) is 45.9 Å². The van der Waals surface area contributed by atoms with E-state index in [1.54, 1.807) is 0 Å². The second-order valence-electron chi connectivity index (χ2n) is 6.11. The summed E-state index contributed by atoms with van der Waals surface area (Å²) in [6.45, 7) is 6.89. The molecule has 2 rings (SSSR count). The van der Waals surface area contributed by atoms with Gasteiger partial charge in [0.15, 0.2) is 0 Å². The highest BCUT2D eigenvalue weighted by atomic mass is 32.2. The Morgan fingerprint density at radius 1 is 1.53 bits per heavy atom. The first-order valence-corrected chi connectivity index (χ1v) is 8.13. The fourth-order valence-corrected chi connectivity index (χ4v) is 4.26. The largest absolute Gasteiger partial charge is 0.480 e. The number of hydrogen-bond acceptors (Lipinski definition) is 4. The monoisotopic (exact) mass is 287 g/mol. The van der Waals surface area contributed by atoms with Crippen molar-refractivity contribution in [3.8, 4) is 0 Å². The molecule has 1 heterocycles. The van der Waals surface area contributed by atoms with Crippen LogP contribution < -0.4 is 5.32 Å². The molecule has 110 valence electrons. The van der Waals surface area contributed by atoms with E-state index in [0.29, 0.717) is 29.1 Å². The molecular weight excluding hydrogens is 262 g/mol. The summed E-state index contributed by atoms with van der Waals surface area (Å²) >= 11 is 1.88. The van der Waals surface area contributed by atoms with E-state index in [2.05, 4.69) is 19.2 Å². The molecule has 0 aromatic heterocycles. The van der Waals surface area contributed by atoms with Crippen molar-refractivity contribution >= 4 is 17.7 Å². The summed E-state index contributed by atoms with van der Waals surface area (Å²) < 4.78 is 5.57. The van der Waals surface area contributed by atoms with Gasteiger partial charge < -0.3 is 9.84 Å². The number of carboxylic acids is 1. The molecule has 1 aliphatic heterocycles. The van der Waals surface area contributed by atoms with Crippen molar-refractivity contribution in [1.29, 1.82) is 0 Å². The van der Waals surface area contributed by atoms with Crippen LogP contribution in [0.1, 0.15) is 46.5 Å². The zero-order chi connectivity index (χ0) is 14.0. The third-order valence-electron chi connectivity index (χ3n) is 3.98. The zero-order valence-electron chi connectivity index (χ0n) is 12.0. The average molecular weight is 287 g/mol. The Bertz CT molecular complexity index is 335. The maximum Gasteiger partial charge on any atom is 0.323 e. The van der Waals surface area contributed by atoms with E-state index in [1.807, 2.05) is 18.7 Å². The maximum absolute atomic E-state index is 11.5. The van der Waals surface area contributed by atoms with Crippen LogP contribution >= 0.6 is 11.8 Å². The highest BCUT2D eigenvalue weighted by Crippen LogP contribution is 2.34. The number of aliphatic carboxylic acids is 1. The number of carboxylic acid groups (broad SMARTS) is 1. The van der Waals surface area contributed by atoms with Crippen LogP contribution in [-0.2, 0) is 9.53 Å². The van der Waals surface area contributed by atoms with Crippen molar-refractivity contribution < 1.29 is 14.6 Å². The van der Waals surface area contributed by atoms with Crippen molar-refractivity contribution in [3.05, 3.63) is 0 Å². The standard InChI is InChI=1S/C14H25NO3S/c1-9(19-12-6-7-18-10(12)2)8-14(3,13(16)17)15-11-4-5-11/h9-12,15H,4-8H2,1-3H3,(H,16,17). The van der Waals surface area contributed by atoms with Gasteiger partial charge in [0.25, 0.3) is 0 Å². The molecule has 2 aliphatic rings. The van der Waals surface area contributed by atoms with Gasteiger partial charge in [-0.05, 0) is 39.5 Å². The molecule has 2 fully saturated rings. The predicted octanol–water partition coefficient (Wildman–Crippen LogP) is 2.27. The molecule has 0 aromatic rings. The third-order valence-corrected chi connectivity index (χ3v) is 5.58. The van der Waals surface area contributed by atoms with E-state index < -0.39 is 11.5 Å². The summed E-state index contributed by atoms with van der Waals surface area (Å²) in [6, 6.07) is 0.409. The number of nitrogens with one attached hydrogen (secondary N) is 1. The molecule has 0 spiro atoms. The smallest absolute Gasteiger partial charge is 0.323 e. The van der Waals surface area contributed by atoms with Gasteiger partial charge in [-0.15, -0.1) is 0 Å². The van der Waals surface area contributed by atoms with Gasteiger partial charge in [-0.2, -0.15) is 11.8 Å². The summed E-state index contributed by atoms with van der Waals surface area (Å²) in [4.78, 5) is 11.5. The van der Waals surface area contributed by atoms with Gasteiger partial charge in [0.1, 0.15) is 5.54 Å². The van der Waals surface area contributed by atoms with Crippen molar-refractivity contribution in [3.63, 3.8) is 0 Å². The van der Waals surface area contributed by atoms with Gasteiger partial charge >= 0.3 is 5.97 Å². The van der Waals surface area contributed by atoms with E-state index in [1.165, 1.54) is 0 Å². The summed E-state index contributed by atoms with van der Waals surface area (Å²) in [5.74, 6) is -0.734. The van der Waals surface area contributed by atoms with Crippen LogP contribution in [0.5, 0.6) is 0 Å². The Morgan fingerprint density at radius 3 is 2.68 bits per heavy atom. The van der Waals surface area contributed by atoms with Gasteiger partial charge in [0.2, 0.25) is 0 Å². The quantitative estimate of drug-likeness (QED) is 0.752. The summed E-state index contributed by atoms with van der Waals surface area (Å²) in [5, 5.41) is 13.6. The Hall–Kier alpha value is -0.260. The number of hydrogen-bond donors (Lipinski definition) is 2. The lowest BCUT2D eigenvalue weighted by atomic mass is 9.96. The van der Waals surface area contributed by atoms with Crippen LogP contribution in [0.25, 0.3) is 0 Å². The number of ether oxygens (including phenoxy) is 1. The first-order chi connectivity index (χ1) is 8.90. The minimum Gasteiger partial charge on any atom is -0.480 e. The zero-order valence-corrected chi connectivity index (χ0v) is 12.8. The molecule has 19 heavy (non-hydrogen) atoms. The molecule has 5 heteroatoms. The molecule has 4 unspecified atom stereocenters. The van der Waals surface area contributed by atoms with Gasteiger partial charge in [-0.3, -0.25) is 10.1 Å². The van der Waals surface area contributed by atoms with Crippen LogP contribution in [0.2, 0.25) is 0 Å². The van der Waals surface area contributed by atoms with Crippen LogP contribution in [0.3, 0.4) is 0 Å². The van der Waals surface area contributed by atoms with Crippen molar-refractivity contribution in [2.24, 2.45) is 0 Å². The Labute approximate surface area is 119 Å². The molecule has 0 bridgehead atoms. The second kappa shape index (κ2) is 6.02. The third kappa shape index (κ3) is 4.10. The molecule has 1 saturated heterocycles. The molecule has 1 saturated carbocycles. The van der Waals surface area contributed by atoms with E-state index in [9.17, 15) is 9.90 Å². The van der Waals surface area contributed by atoms with E-state index in [0.717, 1.165) is 25.9 Å². The SMILES string of the molecule is CC(CC(C)(NC1CC1)C(=O)O)SC1CCOC1C. The van der Waals surface area contributed by atoms with E-state index in [4.69, 9.17) is 4.74 Å². The fourth-order valence-electron chi connectivity index (χ4n) is 2.70. The topological polar surface area (TPSA) is 58.6 Å². The lowest BCUT2D eigenvalue weighted by Gasteiger charge is -2.30. The van der Waals surface area contributed by atoms with Crippen molar-refractivity contribution in [2.75, 3.05) is 6.61 Å². The predicted molar refractivity (Wildman–Crippen MR) is 77.7 cm³/mol. The summed E-state index contributed by atoms with van der Waals surface area (Å²) in [7, 11) is 0. The molecule has 4 nitrogen and oxygen atoms in total. The molecule has 4 atom stereocenters. The maximum atomic E-state index is 11.5. The minimum absolute atomic E-state index is 0.292. The number of carbonyl (C=O) groups is 1. The Balaban J connectivity index is 1.86. The summed E-state index contributed by atoms with van der Waals surface area (Å²) in [5.41, 5.74) is -0.795. The van der Waals surface area contributed by atoms with Crippen molar-refractivity contribution in [1.82, 2.24) is 5.32 Å². The van der Waals surface area contributed by atoms with Gasteiger partial charge in [0.05, 0.1) is 6.10 Å². The highest BCUT2D eigenvalue weighted by Gasteiger charge is 2.40. The van der Waals surface area contributed by atoms with Crippen LogP contribution in [0.15, 0.2) is 0 Å². The summed E-state index contributed by atoms with van der Waals surface area (Å²) in [6.07, 6.45) is 4.25. The van der Waals surface area contributed by atoms with Gasteiger partial charge in [-0.25, -0.2) is 0 Å². The molecule has 0 aromatic carbocycles. The fraction of sp³-hybridized carbons (Fsp3) is 0.929. The average Bonchev–Trinajstić information content (AvgIpc) is 3.02. The second-order valence-corrected chi connectivity index (χ2v) is 7.79. The molecular formula is C14H25NO3S. The number of thioether (sulfide) groups is 1. The van der Waals surface area contributed by atoms with Crippen LogP contribution in [0.4, 0.5) is 0 Å². The van der Waals surface area contributed by atoms with E-state index in [-0.39, 0.29) is 0 Å². The Kier molecular flexibility index (Phi) is 4.79. The van der Waals surface area contributed by atoms with Crippen molar-refractivity contribution in [2.45, 2.75) is 74.6 Å². The van der Waals surface area contributed by atoms with E-state index >= 15 is 0 Å². The first kappa shape index (κ1) is 15.1. The van der Waals surface area contributed by atoms with Crippen LogP contribution in [0, 0.1) is 0 Å². The lowest BCUT2D eigenvalue weighted by molar-refractivity contribution is -0.144. The number of rotatable bonds is 7. The molecule has 1 aliphatic carbocycles. The molecule has 0 radical (unpaired) electrons. The first-order valence-electron chi connectivity index (χ1n) is 7.19. The lowest BCUT2D eigenvalue weighted by Crippen LogP contribution is -2.52. The highest BCUT2D eigenvalue weighted by molar-refractivity contribution is 8.00. The van der Waals surface area contributed by atoms with Gasteiger partial charge in [-0.1, -0.05) is 6.92 Å². The Morgan fingerprint density at radius 2 is 2.21 bits per heavy atom. The normalized spacial score (nSPS) is 31.9. The minimum atomic E-state index is -0.795.